The van der Waals surface area contributed by atoms with Crippen LogP contribution in [0.2, 0.25) is 0 Å². The van der Waals surface area contributed by atoms with Gasteiger partial charge in [0.2, 0.25) is 0 Å². The van der Waals surface area contributed by atoms with Crippen molar-refractivity contribution in [3.8, 4) is 0 Å². The van der Waals surface area contributed by atoms with Crippen LogP contribution < -0.4 is 0 Å². The third-order valence-electron chi connectivity index (χ3n) is 6.02. The Labute approximate surface area is 198 Å². The molecule has 4 atom stereocenters. The predicted molar refractivity (Wildman–Crippen MR) is 129 cm³/mol. The van der Waals surface area contributed by atoms with Gasteiger partial charge in [-0.15, -0.1) is 13.2 Å². The highest BCUT2D eigenvalue weighted by Crippen LogP contribution is 2.38. The Balaban J connectivity index is 0.000000321. The van der Waals surface area contributed by atoms with E-state index in [1.165, 1.54) is 12.5 Å². The Morgan fingerprint density at radius 3 is 2.33 bits per heavy atom. The third kappa shape index (κ3) is 9.03. The molecule has 33 heavy (non-hydrogen) atoms. The standard InChI is InChI=1S/C18H24O5.C9H16O/c1-11(2)5-6-21-18-8-14(10-22-13(4)19)15-9-16(20)12(3)7-17(15)23-18;1-7(2)5-6-8-9(3,4)10-8/h7-8,15,17-18H,1,5-6,9-10H2,2-4H3;8H,1,5-6H2,2-4H3. The Bertz CT molecular complexity index is 818. The average Bonchev–Trinajstić information content (AvgIpc) is 3.32. The van der Waals surface area contributed by atoms with E-state index in [-0.39, 0.29) is 36.0 Å². The maximum absolute atomic E-state index is 12.0. The normalized spacial score (nSPS) is 27.3. The molecule has 4 unspecified atom stereocenters. The van der Waals surface area contributed by atoms with Gasteiger partial charge in [0.25, 0.3) is 0 Å². The van der Waals surface area contributed by atoms with Crippen molar-refractivity contribution in [1.29, 1.82) is 0 Å². The van der Waals surface area contributed by atoms with E-state index in [9.17, 15) is 9.59 Å². The van der Waals surface area contributed by atoms with E-state index in [0.717, 1.165) is 30.4 Å². The van der Waals surface area contributed by atoms with Gasteiger partial charge in [-0.05, 0) is 77.2 Å². The minimum Gasteiger partial charge on any atom is -0.461 e. The molecule has 2 heterocycles. The minimum absolute atomic E-state index is 0.0912. The van der Waals surface area contributed by atoms with Crippen LogP contribution in [-0.2, 0) is 28.5 Å². The number of epoxide rings is 1. The van der Waals surface area contributed by atoms with Crippen LogP contribution in [0.3, 0.4) is 0 Å². The smallest absolute Gasteiger partial charge is 0.302 e. The van der Waals surface area contributed by atoms with Gasteiger partial charge < -0.3 is 18.9 Å². The molecule has 1 aliphatic carbocycles. The number of hydrogen-bond acceptors (Lipinski definition) is 6. The molecule has 0 aromatic heterocycles. The maximum Gasteiger partial charge on any atom is 0.302 e. The first-order valence-electron chi connectivity index (χ1n) is 11.7. The van der Waals surface area contributed by atoms with E-state index < -0.39 is 6.29 Å². The Hall–Kier alpha value is -2.02. The van der Waals surface area contributed by atoms with Crippen molar-refractivity contribution in [3.05, 3.63) is 47.6 Å². The van der Waals surface area contributed by atoms with Crippen LogP contribution in [-0.4, -0.2) is 49.1 Å². The first kappa shape index (κ1) is 27.2. The number of hydrogen-bond donors (Lipinski definition) is 0. The predicted octanol–water partition coefficient (Wildman–Crippen LogP) is 5.24. The summed E-state index contributed by atoms with van der Waals surface area (Å²) in [7, 11) is 0. The second-order valence-corrected chi connectivity index (χ2v) is 9.86. The van der Waals surface area contributed by atoms with E-state index >= 15 is 0 Å². The number of ketones is 1. The zero-order valence-corrected chi connectivity index (χ0v) is 21.1. The molecule has 0 spiro atoms. The first-order chi connectivity index (χ1) is 15.4. The lowest BCUT2D eigenvalue weighted by Gasteiger charge is -2.37. The van der Waals surface area contributed by atoms with Gasteiger partial charge in [-0.3, -0.25) is 9.59 Å². The lowest BCUT2D eigenvalue weighted by atomic mass is 9.80. The quantitative estimate of drug-likeness (QED) is 0.266. The van der Waals surface area contributed by atoms with Crippen LogP contribution in [0.4, 0.5) is 0 Å². The van der Waals surface area contributed by atoms with Gasteiger partial charge in [0.1, 0.15) is 6.61 Å². The average molecular weight is 461 g/mol. The summed E-state index contributed by atoms with van der Waals surface area (Å²) in [6.07, 6.45) is 6.81. The number of esters is 1. The SMILES string of the molecule is C=C(C)CCC1OC1(C)C.C=C(C)CCOC1C=C(COC(C)=O)C2CC(=O)C(C)=CC2O1. The molecule has 0 N–H and O–H groups in total. The molecule has 3 aliphatic rings. The molecule has 1 saturated heterocycles. The first-order valence-corrected chi connectivity index (χ1v) is 11.7. The number of allylic oxidation sites excluding steroid dienone is 2. The number of carbonyl (C=O) groups is 2. The number of carbonyl (C=O) groups excluding carboxylic acids is 2. The van der Waals surface area contributed by atoms with Crippen LogP contribution in [0.5, 0.6) is 0 Å². The molecule has 0 aromatic carbocycles. The molecular weight excluding hydrogens is 420 g/mol. The molecule has 6 nitrogen and oxygen atoms in total. The van der Waals surface area contributed by atoms with Crippen LogP contribution in [0.1, 0.15) is 67.2 Å². The number of Topliss-reactive ketones (excluding diaryl/α,β-unsaturated/α-hetero) is 1. The van der Waals surface area contributed by atoms with Crippen molar-refractivity contribution in [2.75, 3.05) is 13.2 Å². The van der Waals surface area contributed by atoms with E-state index in [1.54, 1.807) is 6.92 Å². The van der Waals surface area contributed by atoms with Crippen LogP contribution in [0, 0.1) is 5.92 Å². The fraction of sp³-hybridized carbons (Fsp3) is 0.630. The summed E-state index contributed by atoms with van der Waals surface area (Å²) in [6, 6.07) is 0. The highest BCUT2D eigenvalue weighted by Gasteiger charge is 2.46. The van der Waals surface area contributed by atoms with Gasteiger partial charge >= 0.3 is 5.97 Å². The zero-order valence-electron chi connectivity index (χ0n) is 21.1. The van der Waals surface area contributed by atoms with Gasteiger partial charge in [-0.25, -0.2) is 0 Å². The zero-order chi connectivity index (χ0) is 24.8. The summed E-state index contributed by atoms with van der Waals surface area (Å²) in [5.74, 6) is -0.334. The highest BCUT2D eigenvalue weighted by atomic mass is 16.7. The Morgan fingerprint density at radius 1 is 1.15 bits per heavy atom. The van der Waals surface area contributed by atoms with Crippen LogP contribution in [0.25, 0.3) is 0 Å². The maximum atomic E-state index is 12.0. The van der Waals surface area contributed by atoms with Crippen molar-refractivity contribution < 1.29 is 28.5 Å². The lowest BCUT2D eigenvalue weighted by molar-refractivity contribution is -0.155. The Kier molecular flexibility index (Phi) is 9.83. The second-order valence-electron chi connectivity index (χ2n) is 9.86. The van der Waals surface area contributed by atoms with Gasteiger partial charge in [0.15, 0.2) is 12.1 Å². The molecule has 0 saturated carbocycles. The molecule has 0 amide bonds. The van der Waals surface area contributed by atoms with E-state index in [2.05, 4.69) is 33.9 Å². The fourth-order valence-electron chi connectivity index (χ4n) is 3.79. The summed E-state index contributed by atoms with van der Waals surface area (Å²) in [5, 5.41) is 0. The third-order valence-corrected chi connectivity index (χ3v) is 6.02. The molecule has 184 valence electrons. The van der Waals surface area contributed by atoms with Crippen molar-refractivity contribution in [3.63, 3.8) is 0 Å². The number of fused-ring (bicyclic) bond motifs is 1. The lowest BCUT2D eigenvalue weighted by Crippen LogP contribution is -2.40. The van der Waals surface area contributed by atoms with Crippen LogP contribution in [0.15, 0.2) is 47.6 Å². The summed E-state index contributed by atoms with van der Waals surface area (Å²) in [5.41, 5.74) is 4.05. The van der Waals surface area contributed by atoms with Crippen molar-refractivity contribution in [2.45, 2.75) is 91.3 Å². The van der Waals surface area contributed by atoms with Gasteiger partial charge in [0.05, 0.1) is 24.4 Å². The van der Waals surface area contributed by atoms with Gasteiger partial charge in [-0.1, -0.05) is 11.1 Å². The fourth-order valence-corrected chi connectivity index (χ4v) is 3.79. The van der Waals surface area contributed by atoms with E-state index in [0.29, 0.717) is 24.7 Å². The number of ether oxygens (including phenoxy) is 4. The molecule has 3 rings (SSSR count). The van der Waals surface area contributed by atoms with Gasteiger partial charge in [0, 0.05) is 19.3 Å². The van der Waals surface area contributed by atoms with E-state index in [4.69, 9.17) is 18.9 Å². The molecule has 2 aliphatic heterocycles. The largest absolute Gasteiger partial charge is 0.461 e. The summed E-state index contributed by atoms with van der Waals surface area (Å²) >= 11 is 0. The topological polar surface area (TPSA) is 74.4 Å². The summed E-state index contributed by atoms with van der Waals surface area (Å²) in [6.45, 7) is 19.8. The summed E-state index contributed by atoms with van der Waals surface area (Å²) < 4.78 is 22.2. The van der Waals surface area contributed by atoms with Gasteiger partial charge in [-0.2, -0.15) is 0 Å². The molecule has 0 radical (unpaired) electrons. The summed E-state index contributed by atoms with van der Waals surface area (Å²) in [4.78, 5) is 23.1. The van der Waals surface area contributed by atoms with E-state index in [1.807, 2.05) is 19.1 Å². The van der Waals surface area contributed by atoms with Crippen LogP contribution >= 0.6 is 0 Å². The Morgan fingerprint density at radius 2 is 1.79 bits per heavy atom. The second kappa shape index (κ2) is 11.9. The van der Waals surface area contributed by atoms with Crippen molar-refractivity contribution in [2.24, 2.45) is 5.92 Å². The molecular formula is C27H40O6. The number of rotatable bonds is 9. The molecule has 0 aromatic rings. The van der Waals surface area contributed by atoms with Crippen molar-refractivity contribution >= 4 is 11.8 Å². The monoisotopic (exact) mass is 460 g/mol. The van der Waals surface area contributed by atoms with Crippen molar-refractivity contribution in [1.82, 2.24) is 0 Å². The molecule has 6 heteroatoms. The molecule has 1 fully saturated rings. The minimum atomic E-state index is -0.501. The highest BCUT2D eigenvalue weighted by molar-refractivity contribution is 5.96. The molecule has 0 bridgehead atoms.